The Morgan fingerprint density at radius 2 is 1.92 bits per heavy atom. The van der Waals surface area contributed by atoms with Crippen molar-refractivity contribution >= 4 is 19.0 Å². The second kappa shape index (κ2) is 22.5. The number of carbonyl (C=O) groups is 1. The van der Waals surface area contributed by atoms with Gasteiger partial charge in [0.1, 0.15) is 0 Å². The van der Waals surface area contributed by atoms with Crippen molar-refractivity contribution in [1.82, 2.24) is 5.32 Å². The predicted molar refractivity (Wildman–Crippen MR) is 48.3 cm³/mol. The molecule has 0 aromatic heterocycles. The summed E-state index contributed by atoms with van der Waals surface area (Å²) in [7, 11) is 1.00. The summed E-state index contributed by atoms with van der Waals surface area (Å²) in [6.45, 7) is 0.791. The number of hydrogen-bond donors (Lipinski definition) is 2. The minimum absolute atomic E-state index is 0. The molecule has 0 aromatic rings. The van der Waals surface area contributed by atoms with Gasteiger partial charge in [0.2, 0.25) is 6.41 Å². The van der Waals surface area contributed by atoms with E-state index in [1.807, 2.05) is 0 Å². The maximum Gasteiger partial charge on any atom is 0.207 e. The van der Waals surface area contributed by atoms with Gasteiger partial charge in [-0.05, 0) is 6.42 Å². The number of unbranched alkanes of at least 4 members (excludes halogenated alkanes) is 2. The SMILES string of the molecule is CO.O=CNCCCCC[S-].[V]. The van der Waals surface area contributed by atoms with Gasteiger partial charge in [-0.1, -0.05) is 12.8 Å². The van der Waals surface area contributed by atoms with E-state index in [0.29, 0.717) is 0 Å². The van der Waals surface area contributed by atoms with E-state index in [9.17, 15) is 4.79 Å². The average Bonchev–Trinajstić information content (AvgIpc) is 2.08. The van der Waals surface area contributed by atoms with Crippen molar-refractivity contribution in [1.29, 1.82) is 0 Å². The standard InChI is InChI=1S/C6H13NOS.CH4O.V/c8-6-7-4-2-1-3-5-9;1-2;/h6,9H,1-5H2,(H,7,8);2H,1H3;/p-1. The van der Waals surface area contributed by atoms with Crippen LogP contribution in [0.2, 0.25) is 0 Å². The van der Waals surface area contributed by atoms with E-state index in [1.165, 1.54) is 0 Å². The first-order valence-corrected chi connectivity index (χ1v) is 4.19. The van der Waals surface area contributed by atoms with Crippen LogP contribution in [0.3, 0.4) is 0 Å². The van der Waals surface area contributed by atoms with E-state index in [2.05, 4.69) is 5.32 Å². The molecular formula is C7H16NO2SV-. The quantitative estimate of drug-likeness (QED) is 0.384. The van der Waals surface area contributed by atoms with E-state index in [0.717, 1.165) is 45.1 Å². The summed E-state index contributed by atoms with van der Waals surface area (Å²) in [6.07, 6.45) is 4.00. The maximum atomic E-state index is 9.71. The third-order valence-corrected chi connectivity index (χ3v) is 1.34. The smallest absolute Gasteiger partial charge is 0.207 e. The molecule has 0 saturated carbocycles. The number of carbonyl (C=O) groups excluding carboxylic acids is 1. The third kappa shape index (κ3) is 22.4. The molecule has 1 radical (unpaired) electrons. The van der Waals surface area contributed by atoms with Crippen molar-refractivity contribution < 1.29 is 28.5 Å². The topological polar surface area (TPSA) is 49.3 Å². The van der Waals surface area contributed by atoms with Crippen LogP contribution in [0.1, 0.15) is 19.3 Å². The molecule has 0 aliphatic carbocycles. The minimum Gasteiger partial charge on any atom is -0.793 e. The Balaban J connectivity index is -0.000000249. The molecule has 2 N–H and O–H groups in total. The molecule has 0 heterocycles. The van der Waals surface area contributed by atoms with E-state index in [4.69, 9.17) is 17.7 Å². The molecule has 0 spiro atoms. The summed E-state index contributed by atoms with van der Waals surface area (Å²) in [5.74, 6) is 0.834. The first-order chi connectivity index (χ1) is 5.41. The number of aliphatic hydroxyl groups excluding tert-OH is 1. The zero-order chi connectivity index (χ0) is 8.95. The predicted octanol–water partition coefficient (Wildman–Crippen LogP) is 0.0556. The Morgan fingerprint density at radius 3 is 2.33 bits per heavy atom. The first kappa shape index (κ1) is 18.2. The van der Waals surface area contributed by atoms with Crippen molar-refractivity contribution in [2.45, 2.75) is 19.3 Å². The zero-order valence-corrected chi connectivity index (χ0v) is 9.54. The molecule has 5 heteroatoms. The van der Waals surface area contributed by atoms with Crippen molar-refractivity contribution in [3.63, 3.8) is 0 Å². The monoisotopic (exact) mass is 229 g/mol. The van der Waals surface area contributed by atoms with Gasteiger partial charge in [0.25, 0.3) is 0 Å². The number of amides is 1. The molecule has 0 bridgehead atoms. The number of rotatable bonds is 6. The van der Waals surface area contributed by atoms with Crippen molar-refractivity contribution in [2.75, 3.05) is 19.4 Å². The van der Waals surface area contributed by atoms with Gasteiger partial charge in [-0.25, -0.2) is 0 Å². The Kier molecular flexibility index (Phi) is 34.2. The summed E-state index contributed by atoms with van der Waals surface area (Å²) < 4.78 is 0. The fraction of sp³-hybridized carbons (Fsp3) is 0.857. The Labute approximate surface area is 91.6 Å². The fourth-order valence-electron chi connectivity index (χ4n) is 0.565. The fourth-order valence-corrected chi connectivity index (χ4v) is 0.769. The summed E-state index contributed by atoms with van der Waals surface area (Å²) in [5.41, 5.74) is 0. The van der Waals surface area contributed by atoms with E-state index >= 15 is 0 Å². The molecule has 0 atom stereocenters. The summed E-state index contributed by atoms with van der Waals surface area (Å²) in [5, 5.41) is 9.59. The van der Waals surface area contributed by atoms with Crippen LogP contribution in [-0.2, 0) is 36.0 Å². The molecular weight excluding hydrogens is 213 g/mol. The van der Waals surface area contributed by atoms with E-state index in [1.54, 1.807) is 0 Å². The van der Waals surface area contributed by atoms with Crippen molar-refractivity contribution in [3.8, 4) is 0 Å². The van der Waals surface area contributed by atoms with Crippen molar-refractivity contribution in [3.05, 3.63) is 0 Å². The van der Waals surface area contributed by atoms with Gasteiger partial charge in [0.15, 0.2) is 0 Å². The molecule has 0 fully saturated rings. The summed E-state index contributed by atoms with van der Waals surface area (Å²) in [6, 6.07) is 0. The van der Waals surface area contributed by atoms with Crippen LogP contribution >= 0.6 is 0 Å². The van der Waals surface area contributed by atoms with Crippen LogP contribution in [0, 0.1) is 0 Å². The molecule has 0 rings (SSSR count). The Morgan fingerprint density at radius 1 is 1.33 bits per heavy atom. The summed E-state index contributed by atoms with van der Waals surface area (Å²) >= 11 is 4.74. The van der Waals surface area contributed by atoms with Gasteiger partial charge >= 0.3 is 0 Å². The van der Waals surface area contributed by atoms with Gasteiger partial charge < -0.3 is 23.1 Å². The molecule has 0 aromatic carbocycles. The normalized spacial score (nSPS) is 7.25. The number of hydrogen-bond acceptors (Lipinski definition) is 3. The van der Waals surface area contributed by atoms with Crippen molar-refractivity contribution in [2.24, 2.45) is 0 Å². The average molecular weight is 229 g/mol. The van der Waals surface area contributed by atoms with Gasteiger partial charge in [-0.2, -0.15) is 5.75 Å². The first-order valence-electron chi connectivity index (χ1n) is 3.61. The van der Waals surface area contributed by atoms with Crippen LogP contribution in [0.15, 0.2) is 0 Å². The minimum atomic E-state index is 0. The number of aliphatic hydroxyl groups is 1. The maximum absolute atomic E-state index is 9.71. The van der Waals surface area contributed by atoms with Gasteiger partial charge in [0, 0.05) is 32.2 Å². The molecule has 0 saturated heterocycles. The van der Waals surface area contributed by atoms with Crippen LogP contribution in [0.25, 0.3) is 0 Å². The van der Waals surface area contributed by atoms with E-state index < -0.39 is 0 Å². The molecule has 0 aliphatic heterocycles. The zero-order valence-electron chi connectivity index (χ0n) is 7.32. The number of nitrogens with one attached hydrogen (secondary N) is 1. The van der Waals surface area contributed by atoms with Crippen LogP contribution in [-0.4, -0.2) is 30.9 Å². The molecule has 3 nitrogen and oxygen atoms in total. The molecule has 0 aliphatic rings. The van der Waals surface area contributed by atoms with Crippen LogP contribution in [0.4, 0.5) is 0 Å². The Hall–Kier alpha value is 0.364. The Bertz CT molecular complexity index is 76.4. The molecule has 73 valence electrons. The molecule has 1 amide bonds. The van der Waals surface area contributed by atoms with Gasteiger partial charge in [0.05, 0.1) is 0 Å². The van der Waals surface area contributed by atoms with Gasteiger partial charge in [-0.15, -0.1) is 0 Å². The molecule has 0 unspecified atom stereocenters. The third-order valence-electron chi connectivity index (χ3n) is 1.05. The second-order valence-electron chi connectivity index (χ2n) is 1.84. The largest absolute Gasteiger partial charge is 0.793 e. The second-order valence-corrected chi connectivity index (χ2v) is 2.25. The summed E-state index contributed by atoms with van der Waals surface area (Å²) in [4.78, 5) is 9.71. The molecule has 12 heavy (non-hydrogen) atoms. The van der Waals surface area contributed by atoms with Gasteiger partial charge in [-0.3, -0.25) is 4.79 Å². The van der Waals surface area contributed by atoms with Crippen LogP contribution in [0.5, 0.6) is 0 Å². The van der Waals surface area contributed by atoms with Crippen LogP contribution < -0.4 is 5.32 Å². The van der Waals surface area contributed by atoms with E-state index in [-0.39, 0.29) is 18.6 Å².